The number of nitrogens with one attached hydrogen (secondary N) is 1. The first kappa shape index (κ1) is 14.0. The van der Waals surface area contributed by atoms with E-state index in [0.29, 0.717) is 17.2 Å². The second-order valence-electron chi connectivity index (χ2n) is 5.15. The molecule has 96 valence electrons. The molecule has 0 fully saturated rings. The fraction of sp³-hybridized carbons (Fsp3) is 0.636. The third-order valence-electron chi connectivity index (χ3n) is 3.07. The molecule has 0 amide bonds. The molecule has 1 aromatic heterocycles. The highest BCUT2D eigenvalue weighted by Gasteiger charge is 2.35. The number of nitrogens with two attached hydrogens (primary N) is 1. The smallest absolute Gasteiger partial charge is 0.224 e. The predicted molar refractivity (Wildman–Crippen MR) is 70.2 cm³/mol. The molecule has 1 rings (SSSR count). The van der Waals surface area contributed by atoms with Crippen molar-refractivity contribution in [3.8, 4) is 0 Å². The van der Waals surface area contributed by atoms with Crippen LogP contribution in [0.25, 0.3) is 0 Å². The number of nitrogen functional groups attached to an aromatic ring is 1. The van der Waals surface area contributed by atoms with Crippen molar-refractivity contribution >= 4 is 23.1 Å². The second kappa shape index (κ2) is 4.31. The van der Waals surface area contributed by atoms with Crippen molar-refractivity contribution < 1.29 is 5.11 Å². The van der Waals surface area contributed by atoms with Crippen molar-refractivity contribution in [2.24, 2.45) is 0 Å². The Balaban J connectivity index is 3.12. The summed E-state index contributed by atoms with van der Waals surface area (Å²) < 4.78 is 0. The third-order valence-corrected chi connectivity index (χ3v) is 3.24. The van der Waals surface area contributed by atoms with Gasteiger partial charge in [0, 0.05) is 0 Å². The quantitative estimate of drug-likeness (QED) is 0.722. The molecule has 0 aliphatic carbocycles. The molecule has 0 aromatic carbocycles. The van der Waals surface area contributed by atoms with Gasteiger partial charge in [-0.1, -0.05) is 0 Å². The van der Waals surface area contributed by atoms with E-state index >= 15 is 0 Å². The summed E-state index contributed by atoms with van der Waals surface area (Å²) in [5, 5.41) is 13.3. The summed E-state index contributed by atoms with van der Waals surface area (Å²) in [5.74, 6) is 0.439. The number of nitrogens with zero attached hydrogens (tertiary/aromatic N) is 2. The lowest BCUT2D eigenvalue weighted by atomic mass is 9.86. The first-order valence-corrected chi connectivity index (χ1v) is 5.72. The number of aryl methyl sites for hydroxylation is 1. The van der Waals surface area contributed by atoms with Gasteiger partial charge in [-0.2, -0.15) is 4.98 Å². The van der Waals surface area contributed by atoms with Gasteiger partial charge in [-0.15, -0.1) is 0 Å². The lowest BCUT2D eigenvalue weighted by molar-refractivity contribution is 0.0239. The van der Waals surface area contributed by atoms with Gasteiger partial charge in [0.2, 0.25) is 5.28 Å². The highest BCUT2D eigenvalue weighted by atomic mass is 35.5. The van der Waals surface area contributed by atoms with Crippen LogP contribution in [0.5, 0.6) is 0 Å². The lowest BCUT2D eigenvalue weighted by Crippen LogP contribution is -2.51. The highest BCUT2D eigenvalue weighted by molar-refractivity contribution is 6.28. The molecule has 17 heavy (non-hydrogen) atoms. The van der Waals surface area contributed by atoms with Crippen LogP contribution in [0.2, 0.25) is 5.28 Å². The van der Waals surface area contributed by atoms with Gasteiger partial charge in [0.05, 0.1) is 22.5 Å². The summed E-state index contributed by atoms with van der Waals surface area (Å²) in [6, 6.07) is 0. The predicted octanol–water partition coefficient (Wildman–Crippen LogP) is 1.98. The average Bonchev–Trinajstić information content (AvgIpc) is 2.11. The first-order chi connectivity index (χ1) is 7.54. The molecule has 0 atom stereocenters. The van der Waals surface area contributed by atoms with E-state index in [9.17, 15) is 5.11 Å². The van der Waals surface area contributed by atoms with E-state index in [-0.39, 0.29) is 5.28 Å². The summed E-state index contributed by atoms with van der Waals surface area (Å²) in [5.41, 5.74) is 5.38. The van der Waals surface area contributed by atoms with Crippen LogP contribution < -0.4 is 11.1 Å². The molecule has 1 heterocycles. The Morgan fingerprint density at radius 2 is 1.76 bits per heavy atom. The normalized spacial score (nSPS) is 12.6. The summed E-state index contributed by atoms with van der Waals surface area (Å²) in [6.45, 7) is 8.90. The summed E-state index contributed by atoms with van der Waals surface area (Å²) in [7, 11) is 0. The van der Waals surface area contributed by atoms with Crippen LogP contribution in [-0.2, 0) is 0 Å². The SMILES string of the molecule is Cc1nc(Cl)nc(NC(C)(C)C(C)(C)O)c1N. The molecule has 4 N–H and O–H groups in total. The van der Waals surface area contributed by atoms with Gasteiger partial charge >= 0.3 is 0 Å². The van der Waals surface area contributed by atoms with Gasteiger partial charge in [0.25, 0.3) is 0 Å². The molecule has 0 radical (unpaired) electrons. The van der Waals surface area contributed by atoms with Crippen LogP contribution in [0, 0.1) is 6.92 Å². The Hall–Kier alpha value is -1.07. The maximum absolute atomic E-state index is 10.1. The molecule has 6 heteroatoms. The minimum absolute atomic E-state index is 0.130. The fourth-order valence-electron chi connectivity index (χ4n) is 1.09. The lowest BCUT2D eigenvalue weighted by Gasteiger charge is -2.38. The number of aromatic nitrogens is 2. The number of anilines is 2. The van der Waals surface area contributed by atoms with E-state index in [2.05, 4.69) is 15.3 Å². The molecule has 5 nitrogen and oxygen atoms in total. The number of hydrogen-bond acceptors (Lipinski definition) is 5. The number of aliphatic hydroxyl groups is 1. The summed E-state index contributed by atoms with van der Waals surface area (Å²) in [6.07, 6.45) is 0. The standard InChI is InChI=1S/C11H19ClN4O/c1-6-7(13)8(15-9(12)14-6)16-10(2,3)11(4,5)17/h17H,13H2,1-5H3,(H,14,15,16). The Morgan fingerprint density at radius 3 is 2.24 bits per heavy atom. The molecule has 0 saturated heterocycles. The van der Waals surface area contributed by atoms with Crippen molar-refractivity contribution in [2.45, 2.75) is 45.8 Å². The zero-order valence-corrected chi connectivity index (χ0v) is 11.6. The minimum atomic E-state index is -0.940. The van der Waals surface area contributed by atoms with Crippen LogP contribution in [0.15, 0.2) is 0 Å². The molecule has 0 aliphatic rings. The van der Waals surface area contributed by atoms with E-state index in [0.717, 1.165) is 0 Å². The fourth-order valence-corrected chi connectivity index (χ4v) is 1.30. The highest BCUT2D eigenvalue weighted by Crippen LogP contribution is 2.29. The van der Waals surface area contributed by atoms with Gasteiger partial charge in [-0.25, -0.2) is 4.98 Å². The summed E-state index contributed by atoms with van der Waals surface area (Å²) in [4.78, 5) is 7.99. The Labute approximate surface area is 106 Å². The van der Waals surface area contributed by atoms with Gasteiger partial charge in [-0.05, 0) is 46.2 Å². The Bertz CT molecular complexity index is 426. The van der Waals surface area contributed by atoms with Crippen molar-refractivity contribution in [1.82, 2.24) is 9.97 Å². The molecule has 0 saturated carbocycles. The van der Waals surface area contributed by atoms with E-state index in [1.165, 1.54) is 0 Å². The van der Waals surface area contributed by atoms with Crippen molar-refractivity contribution in [3.05, 3.63) is 11.0 Å². The minimum Gasteiger partial charge on any atom is -0.394 e. The molecular formula is C11H19ClN4O. The monoisotopic (exact) mass is 258 g/mol. The zero-order chi connectivity index (χ0) is 13.4. The number of hydrogen-bond donors (Lipinski definition) is 3. The second-order valence-corrected chi connectivity index (χ2v) is 5.49. The number of rotatable bonds is 3. The van der Waals surface area contributed by atoms with Crippen molar-refractivity contribution in [2.75, 3.05) is 11.1 Å². The maximum Gasteiger partial charge on any atom is 0.224 e. The average molecular weight is 259 g/mol. The maximum atomic E-state index is 10.1. The molecule has 0 unspecified atom stereocenters. The van der Waals surface area contributed by atoms with Gasteiger partial charge in [0.1, 0.15) is 0 Å². The van der Waals surface area contributed by atoms with Crippen LogP contribution in [0.3, 0.4) is 0 Å². The van der Waals surface area contributed by atoms with Gasteiger partial charge in [0.15, 0.2) is 5.82 Å². The third kappa shape index (κ3) is 2.98. The topological polar surface area (TPSA) is 84.1 Å². The van der Waals surface area contributed by atoms with Crippen LogP contribution in [0.4, 0.5) is 11.5 Å². The van der Waals surface area contributed by atoms with Crippen LogP contribution in [-0.4, -0.2) is 26.2 Å². The Morgan fingerprint density at radius 1 is 1.24 bits per heavy atom. The molecular weight excluding hydrogens is 240 g/mol. The number of halogens is 1. The van der Waals surface area contributed by atoms with E-state index in [4.69, 9.17) is 17.3 Å². The van der Waals surface area contributed by atoms with Crippen molar-refractivity contribution in [1.29, 1.82) is 0 Å². The van der Waals surface area contributed by atoms with Crippen molar-refractivity contribution in [3.63, 3.8) is 0 Å². The molecule has 0 bridgehead atoms. The van der Waals surface area contributed by atoms with Gasteiger partial charge in [-0.3, -0.25) is 0 Å². The van der Waals surface area contributed by atoms with E-state index < -0.39 is 11.1 Å². The zero-order valence-electron chi connectivity index (χ0n) is 10.8. The van der Waals surface area contributed by atoms with Gasteiger partial charge < -0.3 is 16.2 Å². The molecule has 0 spiro atoms. The van der Waals surface area contributed by atoms with E-state index in [1.807, 2.05) is 13.8 Å². The van der Waals surface area contributed by atoms with E-state index in [1.54, 1.807) is 20.8 Å². The largest absolute Gasteiger partial charge is 0.394 e. The van der Waals surface area contributed by atoms with Crippen LogP contribution >= 0.6 is 11.6 Å². The Kier molecular flexibility index (Phi) is 3.55. The molecule has 1 aromatic rings. The first-order valence-electron chi connectivity index (χ1n) is 5.35. The molecule has 0 aliphatic heterocycles. The van der Waals surface area contributed by atoms with Crippen LogP contribution in [0.1, 0.15) is 33.4 Å². The summed E-state index contributed by atoms with van der Waals surface area (Å²) >= 11 is 5.78.